The van der Waals surface area contributed by atoms with E-state index in [0.29, 0.717) is 17.7 Å². The van der Waals surface area contributed by atoms with Gasteiger partial charge in [-0.2, -0.15) is 5.26 Å². The van der Waals surface area contributed by atoms with Crippen molar-refractivity contribution in [2.24, 2.45) is 5.92 Å². The minimum absolute atomic E-state index is 0.0782. The molecule has 0 saturated heterocycles. The van der Waals surface area contributed by atoms with Gasteiger partial charge in [0.05, 0.1) is 6.07 Å². The molecule has 0 radical (unpaired) electrons. The van der Waals surface area contributed by atoms with Crippen molar-refractivity contribution in [1.29, 1.82) is 5.26 Å². The summed E-state index contributed by atoms with van der Waals surface area (Å²) in [6.45, 7) is 3.84. The van der Waals surface area contributed by atoms with Gasteiger partial charge in [-0.15, -0.1) is 0 Å². The van der Waals surface area contributed by atoms with E-state index in [1.165, 1.54) is 0 Å². The normalized spacial score (nSPS) is 11.5. The quantitative estimate of drug-likeness (QED) is 0.537. The number of carbonyl (C=O) groups is 2. The fourth-order valence-corrected chi connectivity index (χ4v) is 1.83. The highest BCUT2D eigenvalue weighted by Crippen LogP contribution is 2.09. The van der Waals surface area contributed by atoms with E-state index in [1.807, 2.05) is 19.9 Å². The second-order valence-electron chi connectivity index (χ2n) is 5.15. The fraction of sp³-hybridized carbons (Fsp3) is 0.400. The molecule has 0 aliphatic rings. The summed E-state index contributed by atoms with van der Waals surface area (Å²) in [6, 6.07) is 7.63. The number of nitrogens with two attached hydrogens (primary N) is 1. The van der Waals surface area contributed by atoms with E-state index < -0.39 is 6.04 Å². The summed E-state index contributed by atoms with van der Waals surface area (Å²) in [7, 11) is 0. The lowest BCUT2D eigenvalue weighted by molar-refractivity contribution is -0.123. The molecule has 0 fully saturated rings. The molecule has 1 aromatic carbocycles. The molecule has 0 unspecified atom stereocenters. The van der Waals surface area contributed by atoms with Gasteiger partial charge in [0, 0.05) is 11.3 Å². The highest BCUT2D eigenvalue weighted by Gasteiger charge is 2.22. The van der Waals surface area contributed by atoms with Gasteiger partial charge in [0.2, 0.25) is 5.91 Å². The van der Waals surface area contributed by atoms with Crippen LogP contribution in [0.25, 0.3) is 0 Å². The second kappa shape index (κ2) is 7.90. The van der Waals surface area contributed by atoms with Crippen LogP contribution in [-0.4, -0.2) is 24.4 Å². The summed E-state index contributed by atoms with van der Waals surface area (Å²) in [5.74, 6) is -0.462. The molecule has 4 N–H and O–H groups in total. The van der Waals surface area contributed by atoms with E-state index in [4.69, 9.17) is 11.0 Å². The first-order valence-corrected chi connectivity index (χ1v) is 6.75. The van der Waals surface area contributed by atoms with Gasteiger partial charge in [-0.3, -0.25) is 9.59 Å². The number of amides is 2. The van der Waals surface area contributed by atoms with Gasteiger partial charge in [0.25, 0.3) is 5.91 Å². The second-order valence-corrected chi connectivity index (χ2v) is 5.15. The summed E-state index contributed by atoms with van der Waals surface area (Å²) in [5, 5.41) is 13.7. The van der Waals surface area contributed by atoms with Gasteiger partial charge >= 0.3 is 0 Å². The topological polar surface area (TPSA) is 108 Å². The number of hydrogen-bond donors (Lipinski definition) is 3. The number of rotatable bonds is 6. The van der Waals surface area contributed by atoms with Crippen LogP contribution in [0.1, 0.15) is 30.6 Å². The first-order valence-electron chi connectivity index (χ1n) is 6.75. The fourth-order valence-electron chi connectivity index (χ4n) is 1.83. The first-order chi connectivity index (χ1) is 9.93. The van der Waals surface area contributed by atoms with Crippen molar-refractivity contribution < 1.29 is 9.59 Å². The van der Waals surface area contributed by atoms with Crippen LogP contribution in [-0.2, 0) is 4.79 Å². The van der Waals surface area contributed by atoms with Gasteiger partial charge in [-0.25, -0.2) is 0 Å². The third kappa shape index (κ3) is 5.53. The average molecular weight is 288 g/mol. The van der Waals surface area contributed by atoms with Gasteiger partial charge in [-0.1, -0.05) is 13.8 Å². The zero-order valence-corrected chi connectivity index (χ0v) is 12.2. The smallest absolute Gasteiger partial charge is 0.251 e. The molecule has 112 valence electrons. The molecular formula is C15H20N4O2. The van der Waals surface area contributed by atoms with Gasteiger partial charge < -0.3 is 16.4 Å². The molecule has 0 aliphatic carbocycles. The largest absolute Gasteiger partial charge is 0.399 e. The lowest BCUT2D eigenvalue weighted by atomic mass is 10.0. The summed E-state index contributed by atoms with van der Waals surface area (Å²) in [5.41, 5.74) is 6.57. The maximum absolute atomic E-state index is 12.1. The number of nitrogen functional groups attached to an aromatic ring is 1. The van der Waals surface area contributed by atoms with E-state index in [2.05, 4.69) is 10.6 Å². The molecule has 0 saturated carbocycles. The molecule has 1 atom stereocenters. The Bertz CT molecular complexity index is 532. The molecule has 0 spiro atoms. The SMILES string of the molecule is CC(C)C[C@@H](NC(=O)c1ccc(N)cc1)C(=O)NCC#N. The Morgan fingerprint density at radius 1 is 1.29 bits per heavy atom. The van der Waals surface area contributed by atoms with E-state index in [9.17, 15) is 9.59 Å². The molecule has 0 bridgehead atoms. The molecule has 1 rings (SSSR count). The summed E-state index contributed by atoms with van der Waals surface area (Å²) < 4.78 is 0. The highest BCUT2D eigenvalue weighted by atomic mass is 16.2. The monoisotopic (exact) mass is 288 g/mol. The molecule has 2 amide bonds. The molecule has 1 aromatic rings. The van der Waals surface area contributed by atoms with Gasteiger partial charge in [-0.05, 0) is 36.6 Å². The van der Waals surface area contributed by atoms with Crippen LogP contribution in [0.4, 0.5) is 5.69 Å². The van der Waals surface area contributed by atoms with Crippen molar-refractivity contribution in [1.82, 2.24) is 10.6 Å². The summed E-state index contributed by atoms with van der Waals surface area (Å²) in [4.78, 5) is 24.1. The number of hydrogen-bond acceptors (Lipinski definition) is 4. The first kappa shape index (κ1) is 16.5. The van der Waals surface area contributed by atoms with Crippen LogP contribution in [0, 0.1) is 17.2 Å². The zero-order chi connectivity index (χ0) is 15.8. The van der Waals surface area contributed by atoms with Crippen LogP contribution in [0.15, 0.2) is 24.3 Å². The lowest BCUT2D eigenvalue weighted by Gasteiger charge is -2.19. The number of carbonyl (C=O) groups excluding carboxylic acids is 2. The van der Waals surface area contributed by atoms with Crippen molar-refractivity contribution in [3.05, 3.63) is 29.8 Å². The molecule has 0 aromatic heterocycles. The predicted molar refractivity (Wildman–Crippen MR) is 80.2 cm³/mol. The van der Waals surface area contributed by atoms with Crippen LogP contribution in [0.3, 0.4) is 0 Å². The number of nitrogens with zero attached hydrogens (tertiary/aromatic N) is 1. The Morgan fingerprint density at radius 3 is 2.43 bits per heavy atom. The molecule has 21 heavy (non-hydrogen) atoms. The number of benzene rings is 1. The average Bonchev–Trinajstić information content (AvgIpc) is 2.44. The number of nitrogens with one attached hydrogen (secondary N) is 2. The number of nitriles is 1. The van der Waals surface area contributed by atoms with Gasteiger partial charge in [0.15, 0.2) is 0 Å². The third-order valence-corrected chi connectivity index (χ3v) is 2.84. The molecular weight excluding hydrogens is 268 g/mol. The Labute approximate surface area is 124 Å². The van der Waals surface area contributed by atoms with Crippen molar-refractivity contribution in [3.8, 4) is 6.07 Å². The Balaban J connectivity index is 2.75. The minimum Gasteiger partial charge on any atom is -0.399 e. The van der Waals surface area contributed by atoms with E-state index in [0.717, 1.165) is 0 Å². The minimum atomic E-state index is -0.664. The standard InChI is InChI=1S/C15H20N4O2/c1-10(2)9-13(15(21)18-8-7-16)19-14(20)11-3-5-12(17)6-4-11/h3-6,10,13H,8-9,17H2,1-2H3,(H,18,21)(H,19,20)/t13-/m1/s1. The maximum Gasteiger partial charge on any atom is 0.251 e. The van der Waals surface area contributed by atoms with Gasteiger partial charge in [0.1, 0.15) is 12.6 Å². The van der Waals surface area contributed by atoms with E-state index in [1.54, 1.807) is 24.3 Å². The third-order valence-electron chi connectivity index (χ3n) is 2.84. The molecule has 6 heteroatoms. The highest BCUT2D eigenvalue weighted by molar-refractivity contribution is 5.97. The Kier molecular flexibility index (Phi) is 6.21. The Hall–Kier alpha value is -2.55. The summed E-state index contributed by atoms with van der Waals surface area (Å²) >= 11 is 0. The lowest BCUT2D eigenvalue weighted by Crippen LogP contribution is -2.47. The van der Waals surface area contributed by atoms with Crippen molar-refractivity contribution in [2.45, 2.75) is 26.3 Å². The number of anilines is 1. The molecule has 6 nitrogen and oxygen atoms in total. The van der Waals surface area contributed by atoms with Crippen molar-refractivity contribution in [2.75, 3.05) is 12.3 Å². The van der Waals surface area contributed by atoms with Crippen LogP contribution in [0.5, 0.6) is 0 Å². The zero-order valence-electron chi connectivity index (χ0n) is 12.2. The molecule has 0 heterocycles. The molecule has 0 aliphatic heterocycles. The summed E-state index contributed by atoms with van der Waals surface area (Å²) in [6.07, 6.45) is 0.498. The van der Waals surface area contributed by atoms with Crippen LogP contribution < -0.4 is 16.4 Å². The Morgan fingerprint density at radius 2 is 1.90 bits per heavy atom. The van der Waals surface area contributed by atoms with Crippen LogP contribution in [0.2, 0.25) is 0 Å². The van der Waals surface area contributed by atoms with E-state index >= 15 is 0 Å². The maximum atomic E-state index is 12.1. The van der Waals surface area contributed by atoms with Crippen LogP contribution >= 0.6 is 0 Å². The predicted octanol–water partition coefficient (Wildman–Crippen LogP) is 1.05. The van der Waals surface area contributed by atoms with Crippen molar-refractivity contribution in [3.63, 3.8) is 0 Å². The van der Waals surface area contributed by atoms with Crippen molar-refractivity contribution >= 4 is 17.5 Å². The van der Waals surface area contributed by atoms with E-state index in [-0.39, 0.29) is 24.3 Å².